The van der Waals surface area contributed by atoms with Crippen LogP contribution >= 0.6 is 23.1 Å². The van der Waals surface area contributed by atoms with Crippen molar-refractivity contribution in [2.24, 2.45) is 0 Å². The topological polar surface area (TPSA) is 47.0 Å². The van der Waals surface area contributed by atoms with Crippen LogP contribution in [0.5, 0.6) is 5.75 Å². The highest BCUT2D eigenvalue weighted by Crippen LogP contribution is 2.35. The molecule has 6 heteroatoms. The zero-order chi connectivity index (χ0) is 14.7. The molecule has 0 saturated heterocycles. The summed E-state index contributed by atoms with van der Waals surface area (Å²) in [5.41, 5.74) is 2.38. The number of nitrogens with zero attached hydrogens (tertiary/aromatic N) is 2. The van der Waals surface area contributed by atoms with Gasteiger partial charge in [0, 0.05) is 17.5 Å². The zero-order valence-corrected chi connectivity index (χ0v) is 13.5. The van der Waals surface area contributed by atoms with Crippen molar-refractivity contribution in [1.82, 2.24) is 14.9 Å². The molecular formula is C15H18ClN3OS. The number of halogens is 1. The summed E-state index contributed by atoms with van der Waals surface area (Å²) in [6.07, 6.45) is 4.71. The maximum Gasteiger partial charge on any atom is 0.125 e. The first-order chi connectivity index (χ1) is 10.3. The van der Waals surface area contributed by atoms with Crippen LogP contribution in [0, 0.1) is 0 Å². The number of nitrogens with one attached hydrogen (secondary N) is 1. The van der Waals surface area contributed by atoms with Crippen LogP contribution in [-0.4, -0.2) is 22.7 Å². The lowest BCUT2D eigenvalue weighted by atomic mass is 10.0. The van der Waals surface area contributed by atoms with Crippen molar-refractivity contribution < 1.29 is 4.74 Å². The Labute approximate surface area is 133 Å². The van der Waals surface area contributed by atoms with Gasteiger partial charge in [-0.25, -0.2) is 0 Å². The molecule has 1 aliphatic heterocycles. The molecule has 3 rings (SSSR count). The summed E-state index contributed by atoms with van der Waals surface area (Å²) >= 11 is 7.68. The molecule has 1 atom stereocenters. The number of hydrogen-bond acceptors (Lipinski definition) is 5. The van der Waals surface area contributed by atoms with Gasteiger partial charge in [0.25, 0.3) is 0 Å². The minimum Gasteiger partial charge on any atom is -0.493 e. The van der Waals surface area contributed by atoms with E-state index in [-0.39, 0.29) is 6.04 Å². The van der Waals surface area contributed by atoms with Crippen molar-refractivity contribution in [2.45, 2.75) is 32.2 Å². The number of fused-ring (bicyclic) bond motifs is 1. The van der Waals surface area contributed by atoms with Crippen molar-refractivity contribution in [3.63, 3.8) is 0 Å². The van der Waals surface area contributed by atoms with E-state index >= 15 is 0 Å². The summed E-state index contributed by atoms with van der Waals surface area (Å²) < 4.78 is 9.77. The molecule has 0 radical (unpaired) electrons. The molecule has 0 fully saturated rings. The van der Waals surface area contributed by atoms with Crippen LogP contribution in [0.3, 0.4) is 0 Å². The largest absolute Gasteiger partial charge is 0.493 e. The zero-order valence-electron chi connectivity index (χ0n) is 11.9. The fourth-order valence-electron chi connectivity index (χ4n) is 2.64. The molecule has 0 amide bonds. The molecule has 1 aromatic carbocycles. The second-order valence-corrected chi connectivity index (χ2v) is 6.44. The predicted molar refractivity (Wildman–Crippen MR) is 85.3 cm³/mol. The van der Waals surface area contributed by atoms with Gasteiger partial charge in [0.15, 0.2) is 0 Å². The SMILES string of the molecule is CCCNC(Cc1cc(Cl)cc2c1OCC2)c1cnns1. The fraction of sp³-hybridized carbons (Fsp3) is 0.467. The van der Waals surface area contributed by atoms with Crippen LogP contribution in [-0.2, 0) is 12.8 Å². The van der Waals surface area contributed by atoms with Gasteiger partial charge < -0.3 is 10.1 Å². The van der Waals surface area contributed by atoms with Gasteiger partial charge in [-0.15, -0.1) is 5.10 Å². The average molecular weight is 324 g/mol. The summed E-state index contributed by atoms with van der Waals surface area (Å²) in [5.74, 6) is 1.01. The Hall–Kier alpha value is -1.17. The first kappa shape index (κ1) is 14.8. The van der Waals surface area contributed by atoms with Gasteiger partial charge in [-0.3, -0.25) is 0 Å². The first-order valence-electron chi connectivity index (χ1n) is 7.22. The van der Waals surface area contributed by atoms with E-state index in [9.17, 15) is 0 Å². The van der Waals surface area contributed by atoms with Crippen molar-refractivity contribution in [1.29, 1.82) is 0 Å². The molecule has 0 aliphatic carbocycles. The molecule has 0 bridgehead atoms. The molecule has 1 aromatic heterocycles. The second kappa shape index (κ2) is 6.73. The molecule has 21 heavy (non-hydrogen) atoms. The van der Waals surface area contributed by atoms with E-state index in [0.717, 1.165) is 53.6 Å². The van der Waals surface area contributed by atoms with Gasteiger partial charge in [0.05, 0.1) is 17.7 Å². The van der Waals surface area contributed by atoms with Gasteiger partial charge in [-0.05, 0) is 54.2 Å². The summed E-state index contributed by atoms with van der Waals surface area (Å²) in [6.45, 7) is 3.87. The highest BCUT2D eigenvalue weighted by molar-refractivity contribution is 7.05. The molecule has 0 saturated carbocycles. The summed E-state index contributed by atoms with van der Waals surface area (Å²) in [7, 11) is 0. The Balaban J connectivity index is 1.86. The van der Waals surface area contributed by atoms with Crippen LogP contribution in [0.4, 0.5) is 0 Å². The quantitative estimate of drug-likeness (QED) is 0.885. The smallest absolute Gasteiger partial charge is 0.125 e. The first-order valence-corrected chi connectivity index (χ1v) is 8.37. The molecule has 1 unspecified atom stereocenters. The maximum absolute atomic E-state index is 6.24. The Morgan fingerprint density at radius 2 is 2.38 bits per heavy atom. The van der Waals surface area contributed by atoms with Crippen LogP contribution in [0.1, 0.15) is 35.4 Å². The summed E-state index contributed by atoms with van der Waals surface area (Å²) in [6, 6.07) is 4.23. The van der Waals surface area contributed by atoms with E-state index in [0.29, 0.717) is 0 Å². The Morgan fingerprint density at radius 3 is 3.14 bits per heavy atom. The van der Waals surface area contributed by atoms with Crippen molar-refractivity contribution in [2.75, 3.05) is 13.2 Å². The van der Waals surface area contributed by atoms with Crippen molar-refractivity contribution in [3.8, 4) is 5.75 Å². The van der Waals surface area contributed by atoms with Gasteiger partial charge in [0.2, 0.25) is 0 Å². The van der Waals surface area contributed by atoms with Crippen LogP contribution in [0.25, 0.3) is 0 Å². The lowest BCUT2D eigenvalue weighted by molar-refractivity contribution is 0.351. The van der Waals surface area contributed by atoms with Crippen molar-refractivity contribution >= 4 is 23.1 Å². The summed E-state index contributed by atoms with van der Waals surface area (Å²) in [5, 5.41) is 8.30. The molecular weight excluding hydrogens is 306 g/mol. The molecule has 0 spiro atoms. The molecule has 2 aromatic rings. The van der Waals surface area contributed by atoms with Crippen LogP contribution < -0.4 is 10.1 Å². The number of benzene rings is 1. The highest BCUT2D eigenvalue weighted by atomic mass is 35.5. The van der Waals surface area contributed by atoms with E-state index in [2.05, 4.69) is 21.8 Å². The van der Waals surface area contributed by atoms with Gasteiger partial charge >= 0.3 is 0 Å². The summed E-state index contributed by atoms with van der Waals surface area (Å²) in [4.78, 5) is 1.15. The number of aromatic nitrogens is 2. The minimum atomic E-state index is 0.205. The molecule has 1 N–H and O–H groups in total. The Morgan fingerprint density at radius 1 is 1.48 bits per heavy atom. The average Bonchev–Trinajstić information content (AvgIpc) is 3.13. The molecule has 112 valence electrons. The predicted octanol–water partition coefficient (Wildman–Crippen LogP) is 3.41. The van der Waals surface area contributed by atoms with Gasteiger partial charge in [0.1, 0.15) is 5.75 Å². The number of hydrogen-bond donors (Lipinski definition) is 1. The second-order valence-electron chi connectivity index (χ2n) is 5.18. The van der Waals surface area contributed by atoms with E-state index in [1.807, 2.05) is 18.3 Å². The van der Waals surface area contributed by atoms with Crippen LogP contribution in [0.15, 0.2) is 18.3 Å². The lowest BCUT2D eigenvalue weighted by Crippen LogP contribution is -2.23. The van der Waals surface area contributed by atoms with E-state index < -0.39 is 0 Å². The van der Waals surface area contributed by atoms with Gasteiger partial charge in [-0.2, -0.15) is 0 Å². The fourth-order valence-corrected chi connectivity index (χ4v) is 3.48. The monoisotopic (exact) mass is 323 g/mol. The van der Waals surface area contributed by atoms with Crippen LogP contribution in [0.2, 0.25) is 5.02 Å². The minimum absolute atomic E-state index is 0.205. The third-order valence-electron chi connectivity index (χ3n) is 3.61. The highest BCUT2D eigenvalue weighted by Gasteiger charge is 2.21. The van der Waals surface area contributed by atoms with E-state index in [1.54, 1.807) is 0 Å². The Bertz CT molecular complexity index is 603. The number of rotatable bonds is 6. The third kappa shape index (κ3) is 3.36. The molecule has 2 heterocycles. The number of ether oxygens (including phenoxy) is 1. The third-order valence-corrected chi connectivity index (χ3v) is 4.61. The standard InChI is InChI=1S/C15H18ClN3OS/c1-2-4-17-13(14-9-18-19-21-14)8-11-7-12(16)6-10-3-5-20-15(10)11/h6-7,9,13,17H,2-5,8H2,1H3. The normalized spacial score (nSPS) is 14.8. The Kier molecular flexibility index (Phi) is 4.73. The van der Waals surface area contributed by atoms with Crippen molar-refractivity contribution in [3.05, 3.63) is 39.4 Å². The van der Waals surface area contributed by atoms with E-state index in [1.165, 1.54) is 17.1 Å². The molecule has 4 nitrogen and oxygen atoms in total. The lowest BCUT2D eigenvalue weighted by Gasteiger charge is -2.18. The molecule has 1 aliphatic rings. The van der Waals surface area contributed by atoms with E-state index in [4.69, 9.17) is 16.3 Å². The van der Waals surface area contributed by atoms with Gasteiger partial charge in [-0.1, -0.05) is 23.0 Å². The maximum atomic E-state index is 6.24.